The normalized spacial score (nSPS) is 11.0. The van der Waals surface area contributed by atoms with Crippen molar-refractivity contribution in [1.82, 2.24) is 15.3 Å². The summed E-state index contributed by atoms with van der Waals surface area (Å²) < 4.78 is 5.16. The van der Waals surface area contributed by atoms with Crippen LogP contribution >= 0.6 is 0 Å². The quantitative estimate of drug-likeness (QED) is 0.729. The average molecular weight is 329 g/mol. The van der Waals surface area contributed by atoms with Gasteiger partial charge in [0.25, 0.3) is 0 Å². The number of nitrogen functional groups attached to an aromatic ring is 1. The van der Waals surface area contributed by atoms with E-state index in [0.717, 1.165) is 11.3 Å². The first-order chi connectivity index (χ1) is 11.3. The molecule has 0 unspecified atom stereocenters. The van der Waals surface area contributed by atoms with Gasteiger partial charge in [0.1, 0.15) is 17.2 Å². The molecule has 2 heterocycles. The van der Waals surface area contributed by atoms with Crippen LogP contribution < -0.4 is 16.4 Å². The molecule has 0 atom stereocenters. The molecule has 0 aliphatic carbocycles. The van der Waals surface area contributed by atoms with Crippen LogP contribution in [0.2, 0.25) is 0 Å². The third kappa shape index (κ3) is 5.75. The first kappa shape index (κ1) is 17.5. The second-order valence-electron chi connectivity index (χ2n) is 6.23. The Labute approximate surface area is 141 Å². The molecule has 0 saturated heterocycles. The van der Waals surface area contributed by atoms with Crippen molar-refractivity contribution >= 4 is 17.7 Å². The van der Waals surface area contributed by atoms with Gasteiger partial charge in [0.2, 0.25) is 0 Å². The number of hydrogen-bond donors (Lipinski definition) is 3. The molecule has 0 radical (unpaired) electrons. The van der Waals surface area contributed by atoms with E-state index in [2.05, 4.69) is 20.6 Å². The van der Waals surface area contributed by atoms with Gasteiger partial charge in [-0.15, -0.1) is 0 Å². The van der Waals surface area contributed by atoms with Crippen molar-refractivity contribution in [1.29, 1.82) is 0 Å². The van der Waals surface area contributed by atoms with Gasteiger partial charge in [-0.05, 0) is 45.0 Å². The van der Waals surface area contributed by atoms with Gasteiger partial charge in [-0.3, -0.25) is 0 Å². The number of carbonyl (C=O) groups is 1. The Bertz CT molecular complexity index is 697. The number of aromatic nitrogens is 2. The second-order valence-corrected chi connectivity index (χ2v) is 6.23. The Balaban J connectivity index is 1.86. The van der Waals surface area contributed by atoms with Crippen molar-refractivity contribution in [2.45, 2.75) is 26.4 Å². The first-order valence-electron chi connectivity index (χ1n) is 7.73. The predicted molar refractivity (Wildman–Crippen MR) is 94.6 cm³/mol. The lowest BCUT2D eigenvalue weighted by Gasteiger charge is -2.19. The van der Waals surface area contributed by atoms with E-state index in [1.54, 1.807) is 12.3 Å². The van der Waals surface area contributed by atoms with Crippen LogP contribution in [0.5, 0.6) is 0 Å². The largest absolute Gasteiger partial charge is 0.444 e. The lowest BCUT2D eigenvalue weighted by atomic mass is 10.2. The highest BCUT2D eigenvalue weighted by molar-refractivity contribution is 5.67. The molecular weight excluding hydrogens is 306 g/mol. The van der Waals surface area contributed by atoms with Crippen LogP contribution in [0.4, 0.5) is 16.4 Å². The fraction of sp³-hybridized carbons (Fsp3) is 0.353. The molecule has 0 spiro atoms. The molecule has 4 N–H and O–H groups in total. The summed E-state index contributed by atoms with van der Waals surface area (Å²) in [5.74, 6) is 1.17. The van der Waals surface area contributed by atoms with E-state index in [1.807, 2.05) is 45.0 Å². The number of alkyl carbamates (subject to hydrolysis) is 1. The topological polar surface area (TPSA) is 102 Å². The number of carbonyl (C=O) groups excluding carboxylic acids is 1. The number of anilines is 2. The molecule has 0 aliphatic rings. The Hall–Kier alpha value is -2.83. The summed E-state index contributed by atoms with van der Waals surface area (Å²) in [7, 11) is 0. The Kier molecular flexibility index (Phi) is 5.57. The highest BCUT2D eigenvalue weighted by Crippen LogP contribution is 2.19. The zero-order valence-corrected chi connectivity index (χ0v) is 14.2. The molecule has 7 nitrogen and oxygen atoms in total. The van der Waals surface area contributed by atoms with Crippen molar-refractivity contribution in [3.05, 3.63) is 36.5 Å². The molecule has 2 rings (SSSR count). The van der Waals surface area contributed by atoms with Gasteiger partial charge in [-0.25, -0.2) is 14.8 Å². The SMILES string of the molecule is CC(C)(C)OC(=O)NCCNc1cc(-c2cccc(N)n2)ccn1. The summed E-state index contributed by atoms with van der Waals surface area (Å²) in [5.41, 5.74) is 6.91. The molecule has 24 heavy (non-hydrogen) atoms. The predicted octanol–water partition coefficient (Wildman–Crippen LogP) is 2.66. The van der Waals surface area contributed by atoms with Gasteiger partial charge >= 0.3 is 6.09 Å². The van der Waals surface area contributed by atoms with Gasteiger partial charge in [-0.2, -0.15) is 0 Å². The van der Waals surface area contributed by atoms with Gasteiger partial charge in [0.15, 0.2) is 0 Å². The number of rotatable bonds is 5. The lowest BCUT2D eigenvalue weighted by molar-refractivity contribution is 0.0530. The van der Waals surface area contributed by atoms with E-state index < -0.39 is 11.7 Å². The van der Waals surface area contributed by atoms with E-state index >= 15 is 0 Å². The number of hydrogen-bond acceptors (Lipinski definition) is 6. The summed E-state index contributed by atoms with van der Waals surface area (Å²) in [6.07, 6.45) is 1.26. The number of amides is 1. The second kappa shape index (κ2) is 7.63. The Morgan fingerprint density at radius 3 is 2.75 bits per heavy atom. The monoisotopic (exact) mass is 329 g/mol. The van der Waals surface area contributed by atoms with Crippen LogP contribution in [-0.2, 0) is 4.74 Å². The average Bonchev–Trinajstić information content (AvgIpc) is 2.50. The first-order valence-corrected chi connectivity index (χ1v) is 7.73. The third-order valence-electron chi connectivity index (χ3n) is 2.93. The number of nitrogens with zero attached hydrogens (tertiary/aromatic N) is 2. The molecule has 0 aromatic carbocycles. The number of nitrogens with one attached hydrogen (secondary N) is 2. The molecule has 0 fully saturated rings. The fourth-order valence-electron chi connectivity index (χ4n) is 1.97. The van der Waals surface area contributed by atoms with Gasteiger partial charge < -0.3 is 21.1 Å². The van der Waals surface area contributed by atoms with E-state index in [9.17, 15) is 4.79 Å². The molecule has 0 bridgehead atoms. The van der Waals surface area contributed by atoms with E-state index in [0.29, 0.717) is 24.7 Å². The zero-order valence-electron chi connectivity index (χ0n) is 14.2. The fourth-order valence-corrected chi connectivity index (χ4v) is 1.97. The van der Waals surface area contributed by atoms with Crippen molar-refractivity contribution in [2.24, 2.45) is 0 Å². The molecular formula is C17H23N5O2. The number of nitrogens with two attached hydrogens (primary N) is 1. The summed E-state index contributed by atoms with van der Waals surface area (Å²) in [4.78, 5) is 20.1. The lowest BCUT2D eigenvalue weighted by Crippen LogP contribution is -2.35. The van der Waals surface area contributed by atoms with Gasteiger partial charge in [0.05, 0.1) is 5.69 Å². The maximum absolute atomic E-state index is 11.5. The maximum Gasteiger partial charge on any atom is 0.407 e. The standard InChI is InChI=1S/C17H23N5O2/c1-17(2,3)24-16(23)21-10-9-20-15-11-12(7-8-19-15)13-5-4-6-14(18)22-13/h4-8,11H,9-10H2,1-3H3,(H2,18,22)(H,19,20)(H,21,23). The number of pyridine rings is 2. The smallest absolute Gasteiger partial charge is 0.407 e. The highest BCUT2D eigenvalue weighted by Gasteiger charge is 2.15. The van der Waals surface area contributed by atoms with Crippen LogP contribution in [0.15, 0.2) is 36.5 Å². The molecule has 0 aliphatic heterocycles. The van der Waals surface area contributed by atoms with Crippen LogP contribution in [-0.4, -0.2) is 34.8 Å². The van der Waals surface area contributed by atoms with E-state index in [1.165, 1.54) is 0 Å². The molecule has 2 aromatic rings. The molecule has 128 valence electrons. The molecule has 7 heteroatoms. The molecule has 0 saturated carbocycles. The Morgan fingerprint density at radius 2 is 2.04 bits per heavy atom. The number of ether oxygens (including phenoxy) is 1. The van der Waals surface area contributed by atoms with Crippen LogP contribution in [0.25, 0.3) is 11.3 Å². The summed E-state index contributed by atoms with van der Waals surface area (Å²) in [6.45, 7) is 6.43. The van der Waals surface area contributed by atoms with Gasteiger partial charge in [-0.1, -0.05) is 6.07 Å². The van der Waals surface area contributed by atoms with E-state index in [4.69, 9.17) is 10.5 Å². The van der Waals surface area contributed by atoms with Gasteiger partial charge in [0, 0.05) is 24.8 Å². The third-order valence-corrected chi connectivity index (χ3v) is 2.93. The van der Waals surface area contributed by atoms with Crippen molar-refractivity contribution < 1.29 is 9.53 Å². The minimum atomic E-state index is -0.502. The summed E-state index contributed by atoms with van der Waals surface area (Å²) in [5, 5.41) is 5.83. The van der Waals surface area contributed by atoms with Crippen LogP contribution in [0, 0.1) is 0 Å². The van der Waals surface area contributed by atoms with Crippen molar-refractivity contribution in [3.63, 3.8) is 0 Å². The highest BCUT2D eigenvalue weighted by atomic mass is 16.6. The Morgan fingerprint density at radius 1 is 1.25 bits per heavy atom. The van der Waals surface area contributed by atoms with Crippen LogP contribution in [0.1, 0.15) is 20.8 Å². The molecule has 2 aromatic heterocycles. The maximum atomic E-state index is 11.5. The molecule has 1 amide bonds. The minimum absolute atomic E-state index is 0.428. The van der Waals surface area contributed by atoms with Crippen LogP contribution in [0.3, 0.4) is 0 Å². The van der Waals surface area contributed by atoms with E-state index in [-0.39, 0.29) is 0 Å². The van der Waals surface area contributed by atoms with Crippen molar-refractivity contribution in [2.75, 3.05) is 24.1 Å². The van der Waals surface area contributed by atoms with Crippen molar-refractivity contribution in [3.8, 4) is 11.3 Å². The minimum Gasteiger partial charge on any atom is -0.444 e. The summed E-state index contributed by atoms with van der Waals surface area (Å²) in [6, 6.07) is 9.24. The zero-order chi connectivity index (χ0) is 17.6. The summed E-state index contributed by atoms with van der Waals surface area (Å²) >= 11 is 0.